The summed E-state index contributed by atoms with van der Waals surface area (Å²) in [7, 11) is -1.48. The lowest BCUT2D eigenvalue weighted by atomic mass is 10.2. The third kappa shape index (κ3) is 5.23. The number of carbonyl (C=O) groups is 2. The van der Waals surface area contributed by atoms with Gasteiger partial charge in [0, 0.05) is 23.0 Å². The molecule has 1 aliphatic rings. The molecule has 2 aromatic carbocycles. The standard InChI is InChI=1S/C19H21N3O5S/c1-27-17-8-6-14(7-9-17)20-18(23)13-2-4-15(5-3-13)21-19(24)22-16-10-11-28(25,26)12-16/h2-9,16H,10-12H2,1H3,(H,20,23)(H2,21,22,24)/t16-/m1/s1. The maximum absolute atomic E-state index is 12.3. The second kappa shape index (κ2) is 8.30. The molecule has 1 aliphatic heterocycles. The van der Waals surface area contributed by atoms with Crippen LogP contribution < -0.4 is 20.7 Å². The van der Waals surface area contributed by atoms with Crippen molar-refractivity contribution in [3.63, 3.8) is 0 Å². The average Bonchev–Trinajstić information content (AvgIpc) is 3.01. The first-order valence-corrected chi connectivity index (χ1v) is 10.5. The van der Waals surface area contributed by atoms with Gasteiger partial charge in [-0.25, -0.2) is 13.2 Å². The van der Waals surface area contributed by atoms with Crippen molar-refractivity contribution in [3.05, 3.63) is 54.1 Å². The van der Waals surface area contributed by atoms with Gasteiger partial charge in [-0.05, 0) is 55.0 Å². The van der Waals surface area contributed by atoms with E-state index in [1.54, 1.807) is 55.6 Å². The van der Waals surface area contributed by atoms with Gasteiger partial charge in [0.05, 0.1) is 18.6 Å². The van der Waals surface area contributed by atoms with Gasteiger partial charge in [-0.15, -0.1) is 0 Å². The number of sulfone groups is 1. The number of carbonyl (C=O) groups excluding carboxylic acids is 2. The van der Waals surface area contributed by atoms with Crippen LogP contribution in [0.5, 0.6) is 5.75 Å². The highest BCUT2D eigenvalue weighted by molar-refractivity contribution is 7.91. The fourth-order valence-corrected chi connectivity index (χ4v) is 4.52. The van der Waals surface area contributed by atoms with Crippen molar-refractivity contribution >= 4 is 33.2 Å². The molecule has 0 spiro atoms. The lowest BCUT2D eigenvalue weighted by molar-refractivity contribution is 0.102. The van der Waals surface area contributed by atoms with Crippen LogP contribution in [0.4, 0.5) is 16.2 Å². The minimum absolute atomic E-state index is 0.0368. The number of anilines is 2. The quantitative estimate of drug-likeness (QED) is 0.709. The van der Waals surface area contributed by atoms with E-state index in [2.05, 4.69) is 16.0 Å². The van der Waals surface area contributed by atoms with Gasteiger partial charge >= 0.3 is 6.03 Å². The maximum Gasteiger partial charge on any atom is 0.319 e. The van der Waals surface area contributed by atoms with Gasteiger partial charge in [-0.1, -0.05) is 0 Å². The lowest BCUT2D eigenvalue weighted by Crippen LogP contribution is -2.38. The maximum atomic E-state index is 12.3. The summed E-state index contributed by atoms with van der Waals surface area (Å²) >= 11 is 0. The van der Waals surface area contributed by atoms with Crippen LogP contribution in [-0.4, -0.2) is 45.0 Å². The lowest BCUT2D eigenvalue weighted by Gasteiger charge is -2.12. The number of benzene rings is 2. The Hall–Kier alpha value is -3.07. The number of nitrogens with one attached hydrogen (secondary N) is 3. The van der Waals surface area contributed by atoms with Gasteiger partial charge in [-0.2, -0.15) is 0 Å². The Morgan fingerprint density at radius 1 is 0.964 bits per heavy atom. The van der Waals surface area contributed by atoms with Crippen LogP contribution in [0.15, 0.2) is 48.5 Å². The zero-order valence-electron chi connectivity index (χ0n) is 15.3. The van der Waals surface area contributed by atoms with E-state index in [1.807, 2.05) is 0 Å². The van der Waals surface area contributed by atoms with Gasteiger partial charge in [0.1, 0.15) is 5.75 Å². The van der Waals surface area contributed by atoms with Crippen molar-refractivity contribution in [1.29, 1.82) is 0 Å². The average molecular weight is 403 g/mol. The van der Waals surface area contributed by atoms with Crippen LogP contribution in [0.3, 0.4) is 0 Å². The van der Waals surface area contributed by atoms with Crippen molar-refractivity contribution in [2.75, 3.05) is 29.2 Å². The molecular formula is C19H21N3O5S. The van der Waals surface area contributed by atoms with E-state index in [-0.39, 0.29) is 23.5 Å². The monoisotopic (exact) mass is 403 g/mol. The summed E-state index contributed by atoms with van der Waals surface area (Å²) in [5, 5.41) is 8.05. The van der Waals surface area contributed by atoms with Crippen LogP contribution in [0.2, 0.25) is 0 Å². The van der Waals surface area contributed by atoms with Crippen LogP contribution in [0.1, 0.15) is 16.8 Å². The van der Waals surface area contributed by atoms with E-state index in [0.717, 1.165) is 0 Å². The number of urea groups is 1. The molecule has 3 amide bonds. The molecule has 0 saturated carbocycles. The van der Waals surface area contributed by atoms with Crippen LogP contribution in [-0.2, 0) is 9.84 Å². The Morgan fingerprint density at radius 3 is 2.14 bits per heavy atom. The van der Waals surface area contributed by atoms with Crippen molar-refractivity contribution in [2.45, 2.75) is 12.5 Å². The number of amides is 3. The smallest absolute Gasteiger partial charge is 0.319 e. The summed E-state index contributed by atoms with van der Waals surface area (Å²) in [4.78, 5) is 24.3. The zero-order valence-corrected chi connectivity index (χ0v) is 16.1. The number of hydrogen-bond acceptors (Lipinski definition) is 5. The predicted octanol–water partition coefficient (Wildman–Crippen LogP) is 2.26. The summed E-state index contributed by atoms with van der Waals surface area (Å²) in [5.74, 6) is 0.472. The first-order chi connectivity index (χ1) is 13.3. The predicted molar refractivity (Wildman–Crippen MR) is 107 cm³/mol. The largest absolute Gasteiger partial charge is 0.497 e. The van der Waals surface area contributed by atoms with E-state index < -0.39 is 15.9 Å². The highest BCUT2D eigenvalue weighted by Crippen LogP contribution is 2.17. The summed E-state index contributed by atoms with van der Waals surface area (Å²) in [5.41, 5.74) is 1.57. The van der Waals surface area contributed by atoms with Crippen LogP contribution in [0.25, 0.3) is 0 Å². The Morgan fingerprint density at radius 2 is 1.57 bits per heavy atom. The second-order valence-electron chi connectivity index (χ2n) is 6.46. The molecule has 3 N–H and O–H groups in total. The Kier molecular flexibility index (Phi) is 5.84. The second-order valence-corrected chi connectivity index (χ2v) is 8.69. The Bertz CT molecular complexity index is 956. The fourth-order valence-electron chi connectivity index (χ4n) is 2.84. The number of rotatable bonds is 5. The molecule has 0 aromatic heterocycles. The number of hydrogen-bond donors (Lipinski definition) is 3. The summed E-state index contributed by atoms with van der Waals surface area (Å²) in [6.45, 7) is 0. The normalized spacial score (nSPS) is 17.5. The van der Waals surface area contributed by atoms with Gasteiger partial charge in [0.25, 0.3) is 5.91 Å². The molecule has 0 unspecified atom stereocenters. The summed E-state index contributed by atoms with van der Waals surface area (Å²) in [6.07, 6.45) is 0.417. The molecule has 1 heterocycles. The minimum Gasteiger partial charge on any atom is -0.497 e. The van der Waals surface area contributed by atoms with E-state index in [0.29, 0.717) is 29.1 Å². The van der Waals surface area contributed by atoms with Crippen molar-refractivity contribution < 1.29 is 22.7 Å². The zero-order chi connectivity index (χ0) is 20.1. The molecular weight excluding hydrogens is 382 g/mol. The molecule has 9 heteroatoms. The van der Waals surface area contributed by atoms with Crippen LogP contribution in [0, 0.1) is 0 Å². The molecule has 1 atom stereocenters. The molecule has 1 saturated heterocycles. The SMILES string of the molecule is COc1ccc(NC(=O)c2ccc(NC(=O)N[C@@H]3CCS(=O)(=O)C3)cc2)cc1. The first-order valence-electron chi connectivity index (χ1n) is 8.68. The van der Waals surface area contributed by atoms with Gasteiger partial charge < -0.3 is 20.7 Å². The summed E-state index contributed by atoms with van der Waals surface area (Å²) < 4.78 is 27.9. The molecule has 148 valence electrons. The van der Waals surface area contributed by atoms with Crippen LogP contribution >= 0.6 is 0 Å². The van der Waals surface area contributed by atoms with Crippen molar-refractivity contribution in [2.24, 2.45) is 0 Å². The van der Waals surface area contributed by atoms with E-state index >= 15 is 0 Å². The van der Waals surface area contributed by atoms with E-state index in [1.165, 1.54) is 0 Å². The van der Waals surface area contributed by atoms with Crippen molar-refractivity contribution in [3.8, 4) is 5.75 Å². The fraction of sp³-hybridized carbons (Fsp3) is 0.263. The molecule has 2 aromatic rings. The minimum atomic E-state index is -3.05. The highest BCUT2D eigenvalue weighted by Gasteiger charge is 2.28. The summed E-state index contributed by atoms with van der Waals surface area (Å²) in [6, 6.07) is 12.5. The first kappa shape index (κ1) is 19.7. The third-order valence-corrected chi connectivity index (χ3v) is 6.09. The molecule has 28 heavy (non-hydrogen) atoms. The Balaban J connectivity index is 1.53. The third-order valence-electron chi connectivity index (χ3n) is 4.32. The number of methoxy groups -OCH3 is 1. The molecule has 8 nitrogen and oxygen atoms in total. The molecule has 0 bridgehead atoms. The highest BCUT2D eigenvalue weighted by atomic mass is 32.2. The Labute approximate surface area is 163 Å². The molecule has 3 rings (SSSR count). The van der Waals surface area contributed by atoms with Gasteiger partial charge in [0.15, 0.2) is 9.84 Å². The molecule has 0 radical (unpaired) electrons. The van der Waals surface area contributed by atoms with E-state index in [4.69, 9.17) is 4.74 Å². The van der Waals surface area contributed by atoms with Gasteiger partial charge in [0.2, 0.25) is 0 Å². The number of ether oxygens (including phenoxy) is 1. The van der Waals surface area contributed by atoms with Crippen molar-refractivity contribution in [1.82, 2.24) is 5.32 Å². The van der Waals surface area contributed by atoms with E-state index in [9.17, 15) is 18.0 Å². The topological polar surface area (TPSA) is 114 Å². The molecule has 0 aliphatic carbocycles. The van der Waals surface area contributed by atoms with Gasteiger partial charge in [-0.3, -0.25) is 4.79 Å². The molecule has 1 fully saturated rings.